The fraction of sp³-hybridized carbons (Fsp3) is 1.00. The molecular weight excluding hydrogens is 218 g/mol. The van der Waals surface area contributed by atoms with Crippen molar-refractivity contribution in [3.63, 3.8) is 0 Å². The molecule has 0 rings (SSSR count). The van der Waals surface area contributed by atoms with Gasteiger partial charge in [0.25, 0.3) is 0 Å². The van der Waals surface area contributed by atoms with Crippen LogP contribution in [0.3, 0.4) is 0 Å². The van der Waals surface area contributed by atoms with Crippen molar-refractivity contribution in [2.24, 2.45) is 5.73 Å². The van der Waals surface area contributed by atoms with Gasteiger partial charge in [0, 0.05) is 11.8 Å². The van der Waals surface area contributed by atoms with E-state index in [1.807, 2.05) is 6.92 Å². The molecule has 0 fully saturated rings. The summed E-state index contributed by atoms with van der Waals surface area (Å²) in [6, 6.07) is 0.252. The van der Waals surface area contributed by atoms with E-state index >= 15 is 0 Å². The van der Waals surface area contributed by atoms with Crippen molar-refractivity contribution < 1.29 is 8.42 Å². The number of nitrogens with two attached hydrogens (primary N) is 1. The summed E-state index contributed by atoms with van der Waals surface area (Å²) in [4.78, 5) is 0. The van der Waals surface area contributed by atoms with Gasteiger partial charge in [0.15, 0.2) is 0 Å². The van der Waals surface area contributed by atoms with Crippen LogP contribution in [0.25, 0.3) is 0 Å². The summed E-state index contributed by atoms with van der Waals surface area (Å²) in [7, 11) is -2.76. The second kappa shape index (κ2) is 7.54. The van der Waals surface area contributed by atoms with Crippen molar-refractivity contribution in [2.45, 2.75) is 32.7 Å². The van der Waals surface area contributed by atoms with Crippen LogP contribution in [-0.4, -0.2) is 37.5 Å². The van der Waals surface area contributed by atoms with Crippen LogP contribution in [0, 0.1) is 0 Å². The lowest BCUT2D eigenvalue weighted by molar-refractivity contribution is 0.596. The van der Waals surface area contributed by atoms with Crippen LogP contribution in [0.2, 0.25) is 0 Å². The van der Waals surface area contributed by atoms with Crippen LogP contribution in [0.5, 0.6) is 0 Å². The second-order valence-electron chi connectivity index (χ2n) is 3.47. The van der Waals surface area contributed by atoms with Gasteiger partial charge in [-0.15, -0.1) is 0 Å². The van der Waals surface area contributed by atoms with Crippen LogP contribution in [0.1, 0.15) is 26.7 Å². The van der Waals surface area contributed by atoms with Crippen LogP contribution in [0.4, 0.5) is 0 Å². The van der Waals surface area contributed by atoms with Crippen LogP contribution in [-0.2, 0) is 9.84 Å². The zero-order chi connectivity index (χ0) is 11.0. The SMILES string of the molecule is CCS(=O)(=O)CCCSCCC(C)N. The Morgan fingerprint density at radius 1 is 1.36 bits per heavy atom. The van der Waals surface area contributed by atoms with E-state index in [0.717, 1.165) is 24.3 Å². The Hall–Kier alpha value is 0.260. The molecule has 5 heteroatoms. The molecule has 1 unspecified atom stereocenters. The van der Waals surface area contributed by atoms with Crippen molar-refractivity contribution in [1.29, 1.82) is 0 Å². The zero-order valence-electron chi connectivity index (χ0n) is 9.03. The summed E-state index contributed by atoms with van der Waals surface area (Å²) < 4.78 is 22.2. The highest BCUT2D eigenvalue weighted by Crippen LogP contribution is 2.07. The summed E-state index contributed by atoms with van der Waals surface area (Å²) in [5.74, 6) is 2.54. The molecule has 86 valence electrons. The van der Waals surface area contributed by atoms with Gasteiger partial charge in [-0.25, -0.2) is 8.42 Å². The molecule has 0 aliphatic carbocycles. The molecule has 0 saturated carbocycles. The maximum atomic E-state index is 11.1. The molecule has 2 N–H and O–H groups in total. The topological polar surface area (TPSA) is 60.2 Å². The normalized spacial score (nSPS) is 14.2. The first-order valence-corrected chi connectivity index (χ1v) is 7.99. The molecule has 0 spiro atoms. The minimum absolute atomic E-state index is 0.252. The fourth-order valence-corrected chi connectivity index (χ4v) is 3.04. The quantitative estimate of drug-likeness (QED) is 0.648. The monoisotopic (exact) mass is 239 g/mol. The molecule has 0 amide bonds. The van der Waals surface area contributed by atoms with Crippen molar-refractivity contribution in [3.05, 3.63) is 0 Å². The average Bonchev–Trinajstić information content (AvgIpc) is 2.10. The highest BCUT2D eigenvalue weighted by molar-refractivity contribution is 7.99. The molecular formula is C9H21NO2S2. The van der Waals surface area contributed by atoms with Gasteiger partial charge in [0.1, 0.15) is 9.84 Å². The first-order valence-electron chi connectivity index (χ1n) is 5.01. The maximum absolute atomic E-state index is 11.1. The number of thioether (sulfide) groups is 1. The van der Waals surface area contributed by atoms with Crippen LogP contribution < -0.4 is 5.73 Å². The Labute approximate surface area is 91.7 Å². The van der Waals surface area contributed by atoms with Crippen molar-refractivity contribution in [1.82, 2.24) is 0 Å². The molecule has 0 radical (unpaired) electrons. The molecule has 3 nitrogen and oxygen atoms in total. The number of sulfone groups is 1. The first kappa shape index (κ1) is 14.3. The Morgan fingerprint density at radius 3 is 2.50 bits per heavy atom. The molecule has 0 aromatic carbocycles. The number of hydrogen-bond acceptors (Lipinski definition) is 4. The van der Waals surface area contributed by atoms with Gasteiger partial charge in [0.2, 0.25) is 0 Å². The Kier molecular flexibility index (Phi) is 7.68. The third-order valence-corrected chi connectivity index (χ3v) is 4.79. The van der Waals surface area contributed by atoms with Crippen molar-refractivity contribution in [2.75, 3.05) is 23.0 Å². The van der Waals surface area contributed by atoms with Gasteiger partial charge in [0.05, 0.1) is 5.75 Å². The van der Waals surface area contributed by atoms with E-state index in [-0.39, 0.29) is 11.8 Å². The summed E-state index contributed by atoms with van der Waals surface area (Å²) >= 11 is 1.79. The Balaban J connectivity index is 3.31. The highest BCUT2D eigenvalue weighted by Gasteiger charge is 2.05. The van der Waals surface area contributed by atoms with Gasteiger partial charge >= 0.3 is 0 Å². The molecule has 1 atom stereocenters. The fourth-order valence-electron chi connectivity index (χ4n) is 0.897. The minimum Gasteiger partial charge on any atom is -0.328 e. The van der Waals surface area contributed by atoms with Gasteiger partial charge in [-0.1, -0.05) is 6.92 Å². The lowest BCUT2D eigenvalue weighted by atomic mass is 10.3. The smallest absolute Gasteiger partial charge is 0.150 e. The van der Waals surface area contributed by atoms with Gasteiger partial charge in [-0.2, -0.15) is 11.8 Å². The lowest BCUT2D eigenvalue weighted by Gasteiger charge is -2.04. The molecule has 0 heterocycles. The van der Waals surface area contributed by atoms with E-state index < -0.39 is 9.84 Å². The van der Waals surface area contributed by atoms with E-state index in [1.165, 1.54) is 0 Å². The number of hydrogen-bond donors (Lipinski definition) is 1. The van der Waals surface area contributed by atoms with Gasteiger partial charge in [-0.3, -0.25) is 0 Å². The maximum Gasteiger partial charge on any atom is 0.150 e. The van der Waals surface area contributed by atoms with Crippen LogP contribution >= 0.6 is 11.8 Å². The molecule has 0 aromatic heterocycles. The summed E-state index contributed by atoms with van der Waals surface area (Å²) in [5.41, 5.74) is 5.59. The van der Waals surface area contributed by atoms with E-state index in [2.05, 4.69) is 0 Å². The first-order chi connectivity index (χ1) is 6.48. The lowest BCUT2D eigenvalue weighted by Crippen LogP contribution is -2.15. The minimum atomic E-state index is -2.76. The van der Waals surface area contributed by atoms with E-state index in [0.29, 0.717) is 5.75 Å². The summed E-state index contributed by atoms with van der Waals surface area (Å²) in [5, 5.41) is 0. The van der Waals surface area contributed by atoms with Gasteiger partial charge in [-0.05, 0) is 31.3 Å². The van der Waals surface area contributed by atoms with E-state index in [9.17, 15) is 8.42 Å². The third-order valence-electron chi connectivity index (χ3n) is 1.90. The van der Waals surface area contributed by atoms with Crippen molar-refractivity contribution in [3.8, 4) is 0 Å². The summed E-state index contributed by atoms with van der Waals surface area (Å²) in [6.45, 7) is 3.68. The molecule has 0 saturated heterocycles. The molecule has 0 aliphatic rings. The van der Waals surface area contributed by atoms with Crippen LogP contribution in [0.15, 0.2) is 0 Å². The largest absolute Gasteiger partial charge is 0.328 e. The van der Waals surface area contributed by atoms with Gasteiger partial charge < -0.3 is 5.73 Å². The highest BCUT2D eigenvalue weighted by atomic mass is 32.2. The third kappa shape index (κ3) is 8.84. The average molecular weight is 239 g/mol. The number of rotatable bonds is 8. The summed E-state index contributed by atoms with van der Waals surface area (Å²) in [6.07, 6.45) is 1.77. The molecule has 14 heavy (non-hydrogen) atoms. The predicted molar refractivity (Wildman–Crippen MR) is 64.5 cm³/mol. The predicted octanol–water partition coefficient (Wildman–Crippen LogP) is 1.28. The van der Waals surface area contributed by atoms with Crippen molar-refractivity contribution >= 4 is 21.6 Å². The molecule has 0 aliphatic heterocycles. The van der Waals surface area contributed by atoms with E-state index in [1.54, 1.807) is 18.7 Å². The standard InChI is InChI=1S/C9H21NO2S2/c1-3-14(11,12)8-4-6-13-7-5-9(2)10/h9H,3-8,10H2,1-2H3. The molecule has 0 aromatic rings. The second-order valence-corrected chi connectivity index (χ2v) is 7.17. The zero-order valence-corrected chi connectivity index (χ0v) is 10.7. The Bertz CT molecular complexity index is 225. The molecule has 0 bridgehead atoms. The Morgan fingerprint density at radius 2 is 2.00 bits per heavy atom. The van der Waals surface area contributed by atoms with E-state index in [4.69, 9.17) is 5.73 Å².